The maximum Gasteiger partial charge on any atom is 0.234 e. The van der Waals surface area contributed by atoms with E-state index < -0.39 is 0 Å². The van der Waals surface area contributed by atoms with Crippen LogP contribution in [0, 0.1) is 20.8 Å². The molecule has 5 rings (SSSR count). The molecule has 1 heterocycles. The van der Waals surface area contributed by atoms with E-state index >= 15 is 0 Å². The number of aryl methyl sites for hydroxylation is 3. The van der Waals surface area contributed by atoms with Crippen LogP contribution >= 0.6 is 11.8 Å². The standard InChI is InChI=1S/C28H22N2O3S/c1-15-10-17(3)26-22(11-15)16(2)12-25(30-26)34-14-24(31)29-18-8-9-21-23(13-18)28(33)20-7-5-4-6-19(20)27(21)32/h4-13H,14H2,1-3H3,(H,29,31). The molecule has 0 saturated heterocycles. The van der Waals surface area contributed by atoms with Crippen LogP contribution in [0.3, 0.4) is 0 Å². The first-order valence-corrected chi connectivity index (χ1v) is 11.9. The molecule has 0 aliphatic heterocycles. The van der Waals surface area contributed by atoms with Crippen molar-refractivity contribution in [1.29, 1.82) is 0 Å². The molecular weight excluding hydrogens is 444 g/mol. The summed E-state index contributed by atoms with van der Waals surface area (Å²) in [5.41, 5.74) is 6.34. The average molecular weight is 467 g/mol. The van der Waals surface area contributed by atoms with E-state index in [0.29, 0.717) is 27.9 Å². The number of fused-ring (bicyclic) bond motifs is 3. The first-order chi connectivity index (χ1) is 16.3. The van der Waals surface area contributed by atoms with Gasteiger partial charge in [-0.05, 0) is 62.2 Å². The van der Waals surface area contributed by atoms with Crippen molar-refractivity contribution in [3.05, 3.63) is 99.6 Å². The molecule has 0 radical (unpaired) electrons. The van der Waals surface area contributed by atoms with Gasteiger partial charge < -0.3 is 5.32 Å². The molecule has 0 saturated carbocycles. The van der Waals surface area contributed by atoms with Crippen LogP contribution in [0.5, 0.6) is 0 Å². The van der Waals surface area contributed by atoms with E-state index in [1.165, 1.54) is 17.3 Å². The third-order valence-corrected chi connectivity index (χ3v) is 6.90. The summed E-state index contributed by atoms with van der Waals surface area (Å²) < 4.78 is 0. The van der Waals surface area contributed by atoms with Gasteiger partial charge in [-0.2, -0.15) is 0 Å². The number of thioether (sulfide) groups is 1. The zero-order chi connectivity index (χ0) is 24.0. The maximum absolute atomic E-state index is 12.9. The first-order valence-electron chi connectivity index (χ1n) is 11.0. The second kappa shape index (κ2) is 8.54. The zero-order valence-corrected chi connectivity index (χ0v) is 19.9. The quantitative estimate of drug-likeness (QED) is 0.346. The van der Waals surface area contributed by atoms with Crippen LogP contribution in [0.1, 0.15) is 48.5 Å². The Labute approximate surface area is 201 Å². The maximum atomic E-state index is 12.9. The number of amides is 1. The highest BCUT2D eigenvalue weighted by molar-refractivity contribution is 7.99. The Balaban J connectivity index is 1.32. The van der Waals surface area contributed by atoms with Gasteiger partial charge in [-0.1, -0.05) is 47.7 Å². The summed E-state index contributed by atoms with van der Waals surface area (Å²) in [6, 6.07) is 17.9. The zero-order valence-electron chi connectivity index (χ0n) is 19.1. The van der Waals surface area contributed by atoms with Crippen LogP contribution in [0.25, 0.3) is 10.9 Å². The molecule has 4 aromatic rings. The molecule has 34 heavy (non-hydrogen) atoms. The molecule has 5 nitrogen and oxygen atoms in total. The topological polar surface area (TPSA) is 76.1 Å². The van der Waals surface area contributed by atoms with Gasteiger partial charge in [0.25, 0.3) is 0 Å². The van der Waals surface area contributed by atoms with Crippen LogP contribution in [0.4, 0.5) is 5.69 Å². The van der Waals surface area contributed by atoms with Gasteiger partial charge in [-0.15, -0.1) is 0 Å². The fourth-order valence-corrected chi connectivity index (χ4v) is 5.17. The van der Waals surface area contributed by atoms with Crippen molar-refractivity contribution in [3.63, 3.8) is 0 Å². The first kappa shape index (κ1) is 22.0. The van der Waals surface area contributed by atoms with Gasteiger partial charge in [0.15, 0.2) is 11.6 Å². The van der Waals surface area contributed by atoms with Crippen molar-refractivity contribution in [2.75, 3.05) is 11.1 Å². The molecule has 1 aromatic heterocycles. The molecule has 0 bridgehead atoms. The number of anilines is 1. The van der Waals surface area contributed by atoms with Crippen LogP contribution < -0.4 is 5.32 Å². The summed E-state index contributed by atoms with van der Waals surface area (Å²) in [7, 11) is 0. The lowest BCUT2D eigenvalue weighted by molar-refractivity contribution is -0.113. The summed E-state index contributed by atoms with van der Waals surface area (Å²) in [4.78, 5) is 43.1. The van der Waals surface area contributed by atoms with Crippen molar-refractivity contribution in [3.8, 4) is 0 Å². The third-order valence-electron chi connectivity index (χ3n) is 5.99. The lowest BCUT2D eigenvalue weighted by atomic mass is 9.84. The fourth-order valence-electron chi connectivity index (χ4n) is 4.40. The predicted molar refractivity (Wildman–Crippen MR) is 135 cm³/mol. The number of rotatable bonds is 4. The van der Waals surface area contributed by atoms with Crippen molar-refractivity contribution in [1.82, 2.24) is 4.98 Å². The van der Waals surface area contributed by atoms with Gasteiger partial charge in [0.05, 0.1) is 16.3 Å². The van der Waals surface area contributed by atoms with Gasteiger partial charge >= 0.3 is 0 Å². The van der Waals surface area contributed by atoms with E-state index in [9.17, 15) is 14.4 Å². The number of pyridine rings is 1. The Bertz CT molecular complexity index is 1520. The van der Waals surface area contributed by atoms with Crippen LogP contribution in [0.15, 0.2) is 65.7 Å². The molecule has 6 heteroatoms. The predicted octanol–water partition coefficient (Wildman–Crippen LogP) is 5.67. The normalized spacial score (nSPS) is 12.4. The van der Waals surface area contributed by atoms with Crippen LogP contribution in [0.2, 0.25) is 0 Å². The molecule has 0 spiro atoms. The number of carbonyl (C=O) groups excluding carboxylic acids is 3. The van der Waals surface area contributed by atoms with Crippen molar-refractivity contribution >= 4 is 45.8 Å². The Kier molecular flexibility index (Phi) is 5.54. The summed E-state index contributed by atoms with van der Waals surface area (Å²) in [6.45, 7) is 6.17. The summed E-state index contributed by atoms with van der Waals surface area (Å²) in [5.74, 6) is -0.422. The molecule has 1 N–H and O–H groups in total. The molecular formula is C28H22N2O3S. The van der Waals surface area contributed by atoms with Gasteiger partial charge in [0, 0.05) is 33.3 Å². The summed E-state index contributed by atoms with van der Waals surface area (Å²) in [5, 5.41) is 4.75. The van der Waals surface area contributed by atoms with E-state index in [1.807, 2.05) is 13.0 Å². The van der Waals surface area contributed by atoms with E-state index in [4.69, 9.17) is 4.98 Å². The van der Waals surface area contributed by atoms with E-state index in [0.717, 1.165) is 27.1 Å². The Morgan fingerprint density at radius 3 is 2.24 bits per heavy atom. The minimum atomic E-state index is -0.211. The highest BCUT2D eigenvalue weighted by Crippen LogP contribution is 2.30. The van der Waals surface area contributed by atoms with E-state index in [1.54, 1.807) is 42.5 Å². The second-order valence-corrected chi connectivity index (χ2v) is 9.55. The van der Waals surface area contributed by atoms with Gasteiger partial charge in [0.1, 0.15) is 0 Å². The molecule has 168 valence electrons. The Morgan fingerprint density at radius 1 is 0.824 bits per heavy atom. The number of hydrogen-bond donors (Lipinski definition) is 1. The minimum Gasteiger partial charge on any atom is -0.325 e. The highest BCUT2D eigenvalue weighted by Gasteiger charge is 2.29. The largest absolute Gasteiger partial charge is 0.325 e. The minimum absolute atomic E-state index is 0.176. The van der Waals surface area contributed by atoms with Crippen molar-refractivity contribution in [2.24, 2.45) is 0 Å². The van der Waals surface area contributed by atoms with Crippen LogP contribution in [-0.4, -0.2) is 28.2 Å². The number of nitrogens with zero attached hydrogens (tertiary/aromatic N) is 1. The van der Waals surface area contributed by atoms with Crippen molar-refractivity contribution < 1.29 is 14.4 Å². The summed E-state index contributed by atoms with van der Waals surface area (Å²) >= 11 is 1.37. The fraction of sp³-hybridized carbons (Fsp3) is 0.143. The SMILES string of the molecule is Cc1cc(C)c2nc(SCC(=O)Nc3ccc4c(c3)C(=O)c3ccccc3C4=O)cc(C)c2c1. The Morgan fingerprint density at radius 2 is 1.50 bits per heavy atom. The molecule has 1 amide bonds. The number of nitrogens with one attached hydrogen (secondary N) is 1. The number of aromatic nitrogens is 1. The van der Waals surface area contributed by atoms with Gasteiger partial charge in [-0.3, -0.25) is 14.4 Å². The average Bonchev–Trinajstić information content (AvgIpc) is 2.82. The third kappa shape index (κ3) is 3.90. The van der Waals surface area contributed by atoms with Gasteiger partial charge in [-0.25, -0.2) is 4.98 Å². The second-order valence-electron chi connectivity index (χ2n) is 8.56. The number of carbonyl (C=O) groups is 3. The molecule has 0 unspecified atom stereocenters. The lowest BCUT2D eigenvalue weighted by Crippen LogP contribution is -2.21. The molecule has 1 aliphatic carbocycles. The summed E-state index contributed by atoms with van der Waals surface area (Å²) in [6.07, 6.45) is 0. The van der Waals surface area contributed by atoms with E-state index in [2.05, 4.69) is 31.3 Å². The number of ketones is 2. The number of benzene rings is 3. The van der Waals surface area contributed by atoms with Gasteiger partial charge in [0.2, 0.25) is 5.91 Å². The molecule has 0 fully saturated rings. The molecule has 0 atom stereocenters. The highest BCUT2D eigenvalue weighted by atomic mass is 32.2. The van der Waals surface area contributed by atoms with Crippen molar-refractivity contribution in [2.45, 2.75) is 25.8 Å². The monoisotopic (exact) mass is 466 g/mol. The smallest absolute Gasteiger partial charge is 0.234 e. The molecule has 1 aliphatic rings. The lowest BCUT2D eigenvalue weighted by Gasteiger charge is -2.18. The molecule has 3 aromatic carbocycles. The Hall–Kier alpha value is -3.77. The van der Waals surface area contributed by atoms with Crippen LogP contribution in [-0.2, 0) is 4.79 Å². The number of hydrogen-bond acceptors (Lipinski definition) is 5. The van der Waals surface area contributed by atoms with E-state index in [-0.39, 0.29) is 23.2 Å².